The molecule has 29 heavy (non-hydrogen) atoms. The summed E-state index contributed by atoms with van der Waals surface area (Å²) < 4.78 is 4.58. The average molecular weight is 394 g/mol. The summed E-state index contributed by atoms with van der Waals surface area (Å²) in [6.07, 6.45) is 2.02. The molecule has 0 bridgehead atoms. The number of esters is 1. The van der Waals surface area contributed by atoms with Crippen molar-refractivity contribution in [1.29, 1.82) is 0 Å². The van der Waals surface area contributed by atoms with Gasteiger partial charge in [-0.15, -0.1) is 5.75 Å². The molecule has 1 N–H and O–H groups in total. The van der Waals surface area contributed by atoms with Gasteiger partial charge in [0.2, 0.25) is 0 Å². The molecule has 0 unspecified atom stereocenters. The van der Waals surface area contributed by atoms with Crippen LogP contribution in [0.1, 0.15) is 34.1 Å². The Hall–Kier alpha value is -3.87. The Labute approximate surface area is 166 Å². The molecule has 0 atom stereocenters. The molecule has 0 aromatic heterocycles. The van der Waals surface area contributed by atoms with Gasteiger partial charge in [0.15, 0.2) is 0 Å². The Bertz CT molecular complexity index is 1100. The van der Waals surface area contributed by atoms with Crippen LogP contribution in [0.5, 0.6) is 5.75 Å². The second kappa shape index (κ2) is 9.36. The third-order valence-corrected chi connectivity index (χ3v) is 4.05. The van der Waals surface area contributed by atoms with Crippen molar-refractivity contribution in [3.8, 4) is 5.75 Å². The highest BCUT2D eigenvalue weighted by molar-refractivity contribution is 6.22. The zero-order valence-electron chi connectivity index (χ0n) is 15.6. The smallest absolute Gasteiger partial charge is 0.336 e. The lowest BCUT2D eigenvalue weighted by Crippen LogP contribution is -2.22. The van der Waals surface area contributed by atoms with E-state index in [1.54, 1.807) is 18.2 Å². The van der Waals surface area contributed by atoms with Crippen LogP contribution in [0.3, 0.4) is 0 Å². The van der Waals surface area contributed by atoms with Crippen LogP contribution in [0.4, 0.5) is 0 Å². The van der Waals surface area contributed by atoms with Gasteiger partial charge in [0, 0.05) is 17.0 Å². The highest BCUT2D eigenvalue weighted by atomic mass is 16.5. The van der Waals surface area contributed by atoms with Gasteiger partial charge in [-0.05, 0) is 28.6 Å². The molecule has 0 saturated heterocycles. The van der Waals surface area contributed by atoms with E-state index in [0.29, 0.717) is 12.0 Å². The molecule has 0 spiro atoms. The molecule has 7 nitrogen and oxygen atoms in total. The number of carbonyl (C=O) groups is 3. The van der Waals surface area contributed by atoms with E-state index in [1.165, 1.54) is 24.3 Å². The van der Waals surface area contributed by atoms with E-state index in [9.17, 15) is 29.7 Å². The Balaban J connectivity index is 0.000000321. The van der Waals surface area contributed by atoms with E-state index in [1.807, 2.05) is 6.92 Å². The lowest BCUT2D eigenvalue weighted by molar-refractivity contribution is -0.265. The predicted octanol–water partition coefficient (Wildman–Crippen LogP) is 2.25. The van der Waals surface area contributed by atoms with Crippen LogP contribution in [0, 0.1) is 0 Å². The second-order valence-corrected chi connectivity index (χ2v) is 5.97. The van der Waals surface area contributed by atoms with Gasteiger partial charge in [-0.3, -0.25) is 0 Å². The van der Waals surface area contributed by atoms with Crippen LogP contribution in [-0.2, 0) is 9.53 Å². The molecule has 0 aliphatic rings. The molecule has 150 valence electrons. The Kier molecular flexibility index (Phi) is 6.92. The number of carboxylic acid groups (broad SMARTS) is 2. The van der Waals surface area contributed by atoms with Crippen molar-refractivity contribution < 1.29 is 34.4 Å². The fourth-order valence-electron chi connectivity index (χ4n) is 2.81. The minimum Gasteiger partial charge on any atom is -0.872 e. The number of hydrogen-bond donors (Lipinski definition) is 1. The first-order chi connectivity index (χ1) is 13.8. The maximum Gasteiger partial charge on any atom is 0.336 e. The van der Waals surface area contributed by atoms with E-state index >= 15 is 0 Å². The van der Waals surface area contributed by atoms with Crippen molar-refractivity contribution in [1.82, 2.24) is 0 Å². The molecule has 0 heterocycles. The summed E-state index contributed by atoms with van der Waals surface area (Å²) in [5.41, 5.74) is -0.241. The minimum atomic E-state index is -1.42. The first-order valence-electron chi connectivity index (χ1n) is 8.71. The highest BCUT2D eigenvalue weighted by Gasteiger charge is 2.14. The van der Waals surface area contributed by atoms with Crippen LogP contribution < -0.4 is 10.2 Å². The lowest BCUT2D eigenvalue weighted by Gasteiger charge is -2.16. The number of rotatable bonds is 5. The third-order valence-electron chi connectivity index (χ3n) is 4.05. The van der Waals surface area contributed by atoms with Gasteiger partial charge in [0.25, 0.3) is 0 Å². The van der Waals surface area contributed by atoms with Gasteiger partial charge in [-0.2, -0.15) is 0 Å². The summed E-state index contributed by atoms with van der Waals surface area (Å²) in [7, 11) is 0. The zero-order chi connectivity index (χ0) is 21.6. The van der Waals surface area contributed by atoms with E-state index in [0.717, 1.165) is 12.5 Å². The molecule has 0 radical (unpaired) electrons. The summed E-state index contributed by atoms with van der Waals surface area (Å²) in [6, 6.07) is 9.99. The number of carbonyl (C=O) groups excluding carboxylic acids is 2. The molecule has 0 aliphatic carbocycles. The minimum absolute atomic E-state index is 0.107. The first-order valence-corrected chi connectivity index (χ1v) is 8.71. The lowest BCUT2D eigenvalue weighted by atomic mass is 9.94. The van der Waals surface area contributed by atoms with Crippen molar-refractivity contribution in [3.05, 3.63) is 66.2 Å². The molecule has 0 amide bonds. The van der Waals surface area contributed by atoms with Gasteiger partial charge in [0.05, 0.1) is 18.1 Å². The Morgan fingerprint density at radius 3 is 2.38 bits per heavy atom. The van der Waals surface area contributed by atoms with Crippen molar-refractivity contribution in [2.75, 3.05) is 6.61 Å². The maximum absolute atomic E-state index is 11.9. The van der Waals surface area contributed by atoms with Crippen LogP contribution in [0.2, 0.25) is 0 Å². The third kappa shape index (κ3) is 4.70. The number of fused-ring (bicyclic) bond motifs is 3. The predicted molar refractivity (Wildman–Crippen MR) is 104 cm³/mol. The topological polar surface area (TPSA) is 127 Å². The van der Waals surface area contributed by atoms with Crippen molar-refractivity contribution >= 4 is 39.5 Å². The molecular weight excluding hydrogens is 376 g/mol. The molecule has 0 saturated carbocycles. The van der Waals surface area contributed by atoms with Crippen LogP contribution in [0.25, 0.3) is 21.5 Å². The van der Waals surface area contributed by atoms with Gasteiger partial charge in [-0.1, -0.05) is 49.9 Å². The van der Waals surface area contributed by atoms with Crippen molar-refractivity contribution in [3.63, 3.8) is 0 Å². The van der Waals surface area contributed by atoms with E-state index in [2.05, 4.69) is 11.3 Å². The monoisotopic (exact) mass is 394 g/mol. The highest BCUT2D eigenvalue weighted by Crippen LogP contribution is 2.34. The second-order valence-electron chi connectivity index (χ2n) is 5.97. The number of hydrogen-bond acceptors (Lipinski definition) is 6. The van der Waals surface area contributed by atoms with Gasteiger partial charge in [-0.25, -0.2) is 9.59 Å². The van der Waals surface area contributed by atoms with Crippen LogP contribution in [0.15, 0.2) is 55.1 Å². The average Bonchev–Trinajstić information content (AvgIpc) is 2.71. The Morgan fingerprint density at radius 2 is 1.79 bits per heavy atom. The number of carboxylic acids is 2. The van der Waals surface area contributed by atoms with Crippen LogP contribution in [-0.4, -0.2) is 29.6 Å². The summed E-state index contributed by atoms with van der Waals surface area (Å²) >= 11 is 0. The largest absolute Gasteiger partial charge is 0.872 e. The maximum atomic E-state index is 11.9. The normalized spacial score (nSPS) is 10.1. The standard InChI is InChI=1S/C16H10O5.C6H10O2/c17-12-7-6-11(16(20)21)14-9(12)5-4-8-2-1-3-10(13(8)14)15(18)19;1-3-5-8-6(7)4-2/h1-7,17H,(H,18,19)(H,20,21);4H,2-3,5H2,1H3/p-2. The van der Waals surface area contributed by atoms with Crippen molar-refractivity contribution in [2.24, 2.45) is 0 Å². The molecule has 3 aromatic rings. The Morgan fingerprint density at radius 1 is 1.07 bits per heavy atom. The van der Waals surface area contributed by atoms with E-state index in [4.69, 9.17) is 0 Å². The summed E-state index contributed by atoms with van der Waals surface area (Å²) in [5, 5.41) is 33.6. The van der Waals surface area contributed by atoms with E-state index in [-0.39, 0.29) is 39.0 Å². The quantitative estimate of drug-likeness (QED) is 0.399. The summed E-state index contributed by atoms with van der Waals surface area (Å²) in [5.74, 6) is -3.33. The molecule has 0 aliphatic heterocycles. The molecule has 0 fully saturated rings. The van der Waals surface area contributed by atoms with Gasteiger partial charge >= 0.3 is 11.9 Å². The van der Waals surface area contributed by atoms with Gasteiger partial charge in [0.1, 0.15) is 0 Å². The molecule has 3 rings (SSSR count). The number of aromatic carboxylic acids is 2. The fourth-order valence-corrected chi connectivity index (χ4v) is 2.81. The van der Waals surface area contributed by atoms with E-state index < -0.39 is 11.9 Å². The number of ether oxygens (including phenoxy) is 1. The first kappa shape index (κ1) is 21.4. The summed E-state index contributed by atoms with van der Waals surface area (Å²) in [4.78, 5) is 32.9. The molecular formula is C22H18O7-2. The zero-order valence-corrected chi connectivity index (χ0v) is 15.6. The van der Waals surface area contributed by atoms with Crippen LogP contribution >= 0.6 is 0 Å². The SMILES string of the molecule is C=CC(=O)OCCC.O=C([O-])c1cccc2ccc3c([O-])ccc(C(=O)O)c3c12. The molecule has 3 aromatic carbocycles. The fraction of sp³-hybridized carbons (Fsp3) is 0.136. The summed E-state index contributed by atoms with van der Waals surface area (Å²) in [6.45, 7) is 5.67. The van der Waals surface area contributed by atoms with Gasteiger partial charge < -0.3 is 24.9 Å². The van der Waals surface area contributed by atoms with Crippen molar-refractivity contribution in [2.45, 2.75) is 13.3 Å². The molecule has 7 heteroatoms. The number of benzene rings is 3.